The van der Waals surface area contributed by atoms with E-state index >= 15 is 0 Å². The van der Waals surface area contributed by atoms with Gasteiger partial charge in [-0.2, -0.15) is 0 Å². The third kappa shape index (κ3) is 2.35. The van der Waals surface area contributed by atoms with Crippen LogP contribution in [0.3, 0.4) is 0 Å². The molecule has 0 radical (unpaired) electrons. The lowest BCUT2D eigenvalue weighted by Crippen LogP contribution is -2.10. The summed E-state index contributed by atoms with van der Waals surface area (Å²) in [5.74, 6) is 0. The minimum absolute atomic E-state index is 1.21. The Morgan fingerprint density at radius 1 is 0.652 bits per heavy atom. The van der Waals surface area contributed by atoms with Crippen LogP contribution in [0.4, 0.5) is 11.4 Å². The molecule has 0 aliphatic rings. The lowest BCUT2D eigenvalue weighted by Gasteiger charge is -2.23. The number of hydrogen-bond acceptors (Lipinski definition) is 1. The minimum atomic E-state index is 1.21. The number of hydrogen-bond donors (Lipinski definition) is 0. The van der Waals surface area contributed by atoms with E-state index in [0.29, 0.717) is 0 Å². The van der Waals surface area contributed by atoms with E-state index in [1.165, 1.54) is 38.5 Å². The Balaban J connectivity index is 2.01. The molecule has 4 aromatic rings. The first-order valence-corrected chi connectivity index (χ1v) is 7.95. The molecule has 0 atom stereocenters. The third-order valence-corrected chi connectivity index (χ3v) is 4.50. The highest BCUT2D eigenvalue weighted by atomic mass is 15.1. The molecule has 23 heavy (non-hydrogen) atoms. The van der Waals surface area contributed by atoms with Gasteiger partial charge < -0.3 is 4.90 Å². The van der Waals surface area contributed by atoms with Gasteiger partial charge >= 0.3 is 0 Å². The van der Waals surface area contributed by atoms with Crippen LogP contribution in [0, 0.1) is 6.92 Å². The van der Waals surface area contributed by atoms with E-state index in [2.05, 4.69) is 97.7 Å². The van der Waals surface area contributed by atoms with Gasteiger partial charge in [-0.25, -0.2) is 0 Å². The Hall–Kier alpha value is -2.80. The van der Waals surface area contributed by atoms with Gasteiger partial charge in [0.1, 0.15) is 0 Å². The standard InChI is InChI=1S/C22H19N/c1-16-8-7-10-18(14-16)23(2)22-15-17-9-3-4-11-19(17)20-12-5-6-13-21(20)22/h3-15H,1-2H3. The summed E-state index contributed by atoms with van der Waals surface area (Å²) in [4.78, 5) is 2.28. The Labute approximate surface area is 136 Å². The van der Waals surface area contributed by atoms with Gasteiger partial charge in [-0.05, 0) is 46.8 Å². The van der Waals surface area contributed by atoms with E-state index < -0.39 is 0 Å². The molecular weight excluding hydrogens is 278 g/mol. The van der Waals surface area contributed by atoms with Crippen LogP contribution < -0.4 is 4.90 Å². The highest BCUT2D eigenvalue weighted by Gasteiger charge is 2.11. The zero-order chi connectivity index (χ0) is 15.8. The molecule has 0 saturated carbocycles. The Bertz CT molecular complexity index is 1000. The van der Waals surface area contributed by atoms with Crippen LogP contribution in [0.1, 0.15) is 5.56 Å². The van der Waals surface area contributed by atoms with Crippen molar-refractivity contribution in [3.8, 4) is 0 Å². The summed E-state index contributed by atoms with van der Waals surface area (Å²) < 4.78 is 0. The van der Waals surface area contributed by atoms with Crippen LogP contribution >= 0.6 is 0 Å². The molecule has 0 unspecified atom stereocenters. The molecule has 0 amide bonds. The molecule has 0 aliphatic heterocycles. The molecule has 0 bridgehead atoms. The number of anilines is 2. The zero-order valence-electron chi connectivity index (χ0n) is 13.5. The van der Waals surface area contributed by atoms with Gasteiger partial charge in [-0.1, -0.05) is 60.7 Å². The Morgan fingerprint density at radius 3 is 2.13 bits per heavy atom. The number of benzene rings is 4. The number of aryl methyl sites for hydroxylation is 1. The van der Waals surface area contributed by atoms with Crippen molar-refractivity contribution < 1.29 is 0 Å². The fourth-order valence-corrected chi connectivity index (χ4v) is 3.29. The molecule has 0 heterocycles. The molecule has 4 aromatic carbocycles. The van der Waals surface area contributed by atoms with Crippen LogP contribution in [0.2, 0.25) is 0 Å². The smallest absolute Gasteiger partial charge is 0.0494 e. The first-order valence-electron chi connectivity index (χ1n) is 7.95. The lowest BCUT2D eigenvalue weighted by atomic mass is 9.99. The second-order valence-electron chi connectivity index (χ2n) is 6.06. The van der Waals surface area contributed by atoms with Gasteiger partial charge in [0.05, 0.1) is 0 Å². The van der Waals surface area contributed by atoms with Crippen molar-refractivity contribution in [1.29, 1.82) is 0 Å². The van der Waals surface area contributed by atoms with E-state index in [0.717, 1.165) is 0 Å². The monoisotopic (exact) mass is 297 g/mol. The molecule has 0 N–H and O–H groups in total. The van der Waals surface area contributed by atoms with Gasteiger partial charge in [0, 0.05) is 23.8 Å². The van der Waals surface area contributed by atoms with Crippen molar-refractivity contribution in [2.45, 2.75) is 6.92 Å². The largest absolute Gasteiger partial charge is 0.344 e. The fraction of sp³-hybridized carbons (Fsp3) is 0.0909. The maximum absolute atomic E-state index is 2.29. The first-order chi connectivity index (χ1) is 11.2. The minimum Gasteiger partial charge on any atom is -0.344 e. The van der Waals surface area contributed by atoms with Crippen molar-refractivity contribution in [2.75, 3.05) is 11.9 Å². The topological polar surface area (TPSA) is 3.24 Å². The summed E-state index contributed by atoms with van der Waals surface area (Å²) in [6.45, 7) is 2.13. The fourth-order valence-electron chi connectivity index (χ4n) is 3.29. The predicted octanol–water partition coefficient (Wildman–Crippen LogP) is 6.07. The van der Waals surface area contributed by atoms with Crippen LogP contribution in [-0.4, -0.2) is 7.05 Å². The quantitative estimate of drug-likeness (QED) is 0.406. The summed E-state index contributed by atoms with van der Waals surface area (Å²) in [7, 11) is 2.14. The summed E-state index contributed by atoms with van der Waals surface area (Å²) in [6.07, 6.45) is 0. The molecule has 0 aromatic heterocycles. The third-order valence-electron chi connectivity index (χ3n) is 4.50. The second-order valence-corrected chi connectivity index (χ2v) is 6.06. The predicted molar refractivity (Wildman–Crippen MR) is 101 cm³/mol. The summed E-state index contributed by atoms with van der Waals surface area (Å²) >= 11 is 0. The average molecular weight is 297 g/mol. The maximum Gasteiger partial charge on any atom is 0.0494 e. The SMILES string of the molecule is Cc1cccc(N(C)c2cc3ccccc3c3ccccc23)c1. The molecule has 0 saturated heterocycles. The van der Waals surface area contributed by atoms with Crippen molar-refractivity contribution in [1.82, 2.24) is 0 Å². The van der Waals surface area contributed by atoms with Gasteiger partial charge in [0.25, 0.3) is 0 Å². The van der Waals surface area contributed by atoms with E-state index in [9.17, 15) is 0 Å². The van der Waals surface area contributed by atoms with Gasteiger partial charge in [0.15, 0.2) is 0 Å². The van der Waals surface area contributed by atoms with Crippen LogP contribution in [0.25, 0.3) is 21.5 Å². The van der Waals surface area contributed by atoms with Crippen LogP contribution in [0.15, 0.2) is 78.9 Å². The molecule has 0 spiro atoms. The van der Waals surface area contributed by atoms with E-state index in [1.54, 1.807) is 0 Å². The average Bonchev–Trinajstić information content (AvgIpc) is 2.60. The molecule has 0 aliphatic carbocycles. The Morgan fingerprint density at radius 2 is 1.35 bits per heavy atom. The maximum atomic E-state index is 2.29. The molecular formula is C22H19N. The molecule has 4 rings (SSSR count). The summed E-state index contributed by atoms with van der Waals surface area (Å²) in [5, 5.41) is 5.18. The Kier molecular flexibility index (Phi) is 3.27. The highest BCUT2D eigenvalue weighted by molar-refractivity contribution is 6.13. The van der Waals surface area contributed by atoms with E-state index in [1.807, 2.05) is 0 Å². The van der Waals surface area contributed by atoms with Crippen LogP contribution in [0.5, 0.6) is 0 Å². The van der Waals surface area contributed by atoms with Gasteiger partial charge in [0.2, 0.25) is 0 Å². The van der Waals surface area contributed by atoms with Crippen molar-refractivity contribution >= 4 is 32.9 Å². The van der Waals surface area contributed by atoms with E-state index in [-0.39, 0.29) is 0 Å². The van der Waals surface area contributed by atoms with Gasteiger partial charge in [-0.15, -0.1) is 0 Å². The van der Waals surface area contributed by atoms with E-state index in [4.69, 9.17) is 0 Å². The summed E-state index contributed by atoms with van der Waals surface area (Å²) in [6, 6.07) is 28.2. The van der Waals surface area contributed by atoms with Crippen LogP contribution in [-0.2, 0) is 0 Å². The number of nitrogens with zero attached hydrogens (tertiary/aromatic N) is 1. The van der Waals surface area contributed by atoms with Gasteiger partial charge in [-0.3, -0.25) is 0 Å². The number of rotatable bonds is 2. The normalized spacial score (nSPS) is 11.0. The molecule has 1 nitrogen and oxygen atoms in total. The zero-order valence-corrected chi connectivity index (χ0v) is 13.5. The van der Waals surface area contributed by atoms with Crippen molar-refractivity contribution in [3.63, 3.8) is 0 Å². The molecule has 112 valence electrons. The molecule has 0 fully saturated rings. The number of fused-ring (bicyclic) bond motifs is 3. The van der Waals surface area contributed by atoms with Crippen molar-refractivity contribution in [2.24, 2.45) is 0 Å². The summed E-state index contributed by atoms with van der Waals surface area (Å²) in [5.41, 5.74) is 3.73. The van der Waals surface area contributed by atoms with Crippen molar-refractivity contribution in [3.05, 3.63) is 84.4 Å². The lowest BCUT2D eigenvalue weighted by molar-refractivity contribution is 1.22. The molecule has 1 heteroatoms. The second kappa shape index (κ2) is 5.44. The highest BCUT2D eigenvalue weighted by Crippen LogP contribution is 2.36. The first kappa shape index (κ1) is 13.8.